The molecule has 2 N–H and O–H groups in total. The van der Waals surface area contributed by atoms with E-state index < -0.39 is 0 Å². The summed E-state index contributed by atoms with van der Waals surface area (Å²) in [5.41, 5.74) is 7.04. The Morgan fingerprint density at radius 3 is 2.89 bits per heavy atom. The molecule has 1 fully saturated rings. The van der Waals surface area contributed by atoms with Crippen molar-refractivity contribution in [2.75, 3.05) is 7.05 Å². The van der Waals surface area contributed by atoms with Gasteiger partial charge in [-0.3, -0.25) is 9.30 Å². The SMILES string of the molecule is CN(Cc1cn2cccnc2n1)C1CCC(N)CC1. The van der Waals surface area contributed by atoms with E-state index in [2.05, 4.69) is 28.1 Å². The highest BCUT2D eigenvalue weighted by Gasteiger charge is 2.22. The minimum atomic E-state index is 0.407. The molecule has 0 aliphatic heterocycles. The van der Waals surface area contributed by atoms with Crippen molar-refractivity contribution in [3.63, 3.8) is 0 Å². The molecule has 1 aliphatic carbocycles. The van der Waals surface area contributed by atoms with Gasteiger partial charge in [0, 0.05) is 37.2 Å². The minimum absolute atomic E-state index is 0.407. The van der Waals surface area contributed by atoms with Crippen molar-refractivity contribution < 1.29 is 0 Å². The van der Waals surface area contributed by atoms with E-state index in [0.717, 1.165) is 30.9 Å². The van der Waals surface area contributed by atoms with Gasteiger partial charge in [-0.2, -0.15) is 0 Å². The van der Waals surface area contributed by atoms with Gasteiger partial charge < -0.3 is 5.73 Å². The van der Waals surface area contributed by atoms with E-state index in [1.165, 1.54) is 12.8 Å². The molecule has 3 rings (SSSR count). The van der Waals surface area contributed by atoms with Crippen molar-refractivity contribution in [1.82, 2.24) is 19.3 Å². The largest absolute Gasteiger partial charge is 0.328 e. The number of nitrogens with two attached hydrogens (primary N) is 1. The zero-order valence-corrected chi connectivity index (χ0v) is 11.4. The van der Waals surface area contributed by atoms with Crippen molar-refractivity contribution in [2.24, 2.45) is 5.73 Å². The molecule has 2 aromatic heterocycles. The van der Waals surface area contributed by atoms with Crippen molar-refractivity contribution in [1.29, 1.82) is 0 Å². The lowest BCUT2D eigenvalue weighted by molar-refractivity contribution is 0.175. The third kappa shape index (κ3) is 2.77. The molecule has 19 heavy (non-hydrogen) atoms. The zero-order valence-electron chi connectivity index (χ0n) is 11.4. The summed E-state index contributed by atoms with van der Waals surface area (Å²) in [5.74, 6) is 0.775. The standard InChI is InChI=1S/C14H21N5/c1-18(13-5-3-11(15)4-6-13)9-12-10-19-8-2-7-16-14(19)17-12/h2,7-8,10-11,13H,3-6,9,15H2,1H3. The fourth-order valence-electron chi connectivity index (χ4n) is 2.88. The van der Waals surface area contributed by atoms with Crippen LogP contribution in [0, 0.1) is 0 Å². The Morgan fingerprint density at radius 2 is 2.16 bits per heavy atom. The van der Waals surface area contributed by atoms with Gasteiger partial charge in [0.1, 0.15) is 0 Å². The second-order valence-electron chi connectivity index (χ2n) is 5.54. The van der Waals surface area contributed by atoms with Gasteiger partial charge in [-0.1, -0.05) is 0 Å². The number of hydrogen-bond acceptors (Lipinski definition) is 4. The minimum Gasteiger partial charge on any atom is -0.328 e. The number of nitrogens with zero attached hydrogens (tertiary/aromatic N) is 4. The lowest BCUT2D eigenvalue weighted by Crippen LogP contribution is -2.38. The van der Waals surface area contributed by atoms with Crippen LogP contribution >= 0.6 is 0 Å². The second-order valence-corrected chi connectivity index (χ2v) is 5.54. The third-order valence-corrected chi connectivity index (χ3v) is 4.06. The molecule has 0 saturated heterocycles. The molecule has 0 aromatic carbocycles. The molecule has 5 nitrogen and oxygen atoms in total. The van der Waals surface area contributed by atoms with E-state index in [-0.39, 0.29) is 0 Å². The van der Waals surface area contributed by atoms with Crippen LogP contribution < -0.4 is 5.73 Å². The van der Waals surface area contributed by atoms with Crippen molar-refractivity contribution in [3.8, 4) is 0 Å². The normalized spacial score (nSPS) is 24.2. The number of imidazole rings is 1. The van der Waals surface area contributed by atoms with E-state index in [0.29, 0.717) is 12.1 Å². The zero-order chi connectivity index (χ0) is 13.2. The predicted molar refractivity (Wildman–Crippen MR) is 74.7 cm³/mol. The summed E-state index contributed by atoms with van der Waals surface area (Å²) in [5, 5.41) is 0. The van der Waals surface area contributed by atoms with Gasteiger partial charge in [-0.05, 0) is 38.8 Å². The fourth-order valence-corrected chi connectivity index (χ4v) is 2.88. The second kappa shape index (κ2) is 5.27. The highest BCUT2D eigenvalue weighted by molar-refractivity contribution is 5.29. The molecular weight excluding hydrogens is 238 g/mol. The van der Waals surface area contributed by atoms with Gasteiger partial charge in [0.05, 0.1) is 5.69 Å². The molecule has 0 atom stereocenters. The maximum atomic E-state index is 5.96. The Kier molecular flexibility index (Phi) is 3.48. The molecule has 0 unspecified atom stereocenters. The van der Waals surface area contributed by atoms with Crippen LogP contribution in [-0.2, 0) is 6.54 Å². The van der Waals surface area contributed by atoms with E-state index in [1.54, 1.807) is 6.20 Å². The van der Waals surface area contributed by atoms with Gasteiger partial charge >= 0.3 is 0 Å². The van der Waals surface area contributed by atoms with Gasteiger partial charge in [-0.25, -0.2) is 9.97 Å². The van der Waals surface area contributed by atoms with Crippen LogP contribution in [0.2, 0.25) is 0 Å². The summed E-state index contributed by atoms with van der Waals surface area (Å²) in [4.78, 5) is 11.2. The molecule has 2 aromatic rings. The Bertz CT molecular complexity index is 509. The van der Waals surface area contributed by atoms with E-state index >= 15 is 0 Å². The quantitative estimate of drug-likeness (QED) is 0.906. The summed E-state index contributed by atoms with van der Waals surface area (Å²) in [7, 11) is 2.18. The van der Waals surface area contributed by atoms with Crippen molar-refractivity contribution >= 4 is 5.78 Å². The lowest BCUT2D eigenvalue weighted by Gasteiger charge is -2.33. The monoisotopic (exact) mass is 259 g/mol. The summed E-state index contributed by atoms with van der Waals surface area (Å²) in [6, 6.07) is 2.96. The number of fused-ring (bicyclic) bond motifs is 1. The summed E-state index contributed by atoms with van der Waals surface area (Å²) >= 11 is 0. The average molecular weight is 259 g/mol. The van der Waals surface area contributed by atoms with Crippen LogP contribution in [0.5, 0.6) is 0 Å². The van der Waals surface area contributed by atoms with Crippen molar-refractivity contribution in [2.45, 2.75) is 44.3 Å². The lowest BCUT2D eigenvalue weighted by atomic mass is 9.91. The summed E-state index contributed by atoms with van der Waals surface area (Å²) in [6.07, 6.45) is 10.5. The van der Waals surface area contributed by atoms with Crippen molar-refractivity contribution in [3.05, 3.63) is 30.4 Å². The number of hydrogen-bond donors (Lipinski definition) is 1. The van der Waals surface area contributed by atoms with Gasteiger partial charge in [0.2, 0.25) is 5.78 Å². The maximum Gasteiger partial charge on any atom is 0.233 e. The Balaban J connectivity index is 1.67. The average Bonchev–Trinajstić information content (AvgIpc) is 2.81. The van der Waals surface area contributed by atoms with E-state index in [9.17, 15) is 0 Å². The van der Waals surface area contributed by atoms with E-state index in [1.807, 2.05) is 16.7 Å². The third-order valence-electron chi connectivity index (χ3n) is 4.06. The van der Waals surface area contributed by atoms with Gasteiger partial charge in [0.25, 0.3) is 0 Å². The topological polar surface area (TPSA) is 59.5 Å². The summed E-state index contributed by atoms with van der Waals surface area (Å²) < 4.78 is 1.97. The highest BCUT2D eigenvalue weighted by atomic mass is 15.2. The number of aromatic nitrogens is 3. The van der Waals surface area contributed by atoms with Gasteiger partial charge in [0.15, 0.2) is 0 Å². The van der Waals surface area contributed by atoms with Gasteiger partial charge in [-0.15, -0.1) is 0 Å². The molecule has 1 saturated carbocycles. The molecule has 2 heterocycles. The Labute approximate surface area is 113 Å². The maximum absolute atomic E-state index is 5.96. The summed E-state index contributed by atoms with van der Waals surface area (Å²) in [6.45, 7) is 0.878. The molecule has 0 radical (unpaired) electrons. The number of rotatable bonds is 3. The predicted octanol–water partition coefficient (Wildman–Crippen LogP) is 1.43. The van der Waals surface area contributed by atoms with Crippen LogP contribution in [0.3, 0.4) is 0 Å². The molecule has 0 bridgehead atoms. The molecule has 5 heteroatoms. The highest BCUT2D eigenvalue weighted by Crippen LogP contribution is 2.22. The van der Waals surface area contributed by atoms with Crippen LogP contribution in [0.1, 0.15) is 31.4 Å². The first-order valence-corrected chi connectivity index (χ1v) is 6.97. The smallest absolute Gasteiger partial charge is 0.233 e. The molecular formula is C14H21N5. The Hall–Kier alpha value is -1.46. The van der Waals surface area contributed by atoms with E-state index in [4.69, 9.17) is 5.73 Å². The molecule has 0 spiro atoms. The Morgan fingerprint density at radius 1 is 1.37 bits per heavy atom. The van der Waals surface area contributed by atoms with Crippen LogP contribution in [0.4, 0.5) is 0 Å². The van der Waals surface area contributed by atoms with Crippen LogP contribution in [0.25, 0.3) is 5.78 Å². The molecule has 1 aliphatic rings. The molecule has 0 amide bonds. The first kappa shape index (κ1) is 12.6. The van der Waals surface area contributed by atoms with Crippen LogP contribution in [-0.4, -0.2) is 38.4 Å². The fraction of sp³-hybridized carbons (Fsp3) is 0.571. The first-order chi connectivity index (χ1) is 9.22. The first-order valence-electron chi connectivity index (χ1n) is 6.97. The van der Waals surface area contributed by atoms with Crippen LogP contribution in [0.15, 0.2) is 24.7 Å². The molecule has 102 valence electrons.